The van der Waals surface area contributed by atoms with Crippen LogP contribution in [0.4, 0.5) is 10.5 Å². The monoisotopic (exact) mass is 423 g/mol. The van der Waals surface area contributed by atoms with Gasteiger partial charge in [-0.2, -0.15) is 5.10 Å². The Bertz CT molecular complexity index is 1040. The normalized spacial score (nSPS) is 23.4. The number of carbonyl (C=O) groups excluding carboxylic acids is 3. The Kier molecular flexibility index (Phi) is 5.33. The number of hydrogen-bond donors (Lipinski definition) is 2. The molecule has 1 aliphatic heterocycles. The SMILES string of the molecule is Cc1ccc(-n2nc(C)c(NC(=O)CN3C(=O)N[C@@]4(CCCC[C@@H]4C)C3=O)c2C)cc1. The van der Waals surface area contributed by atoms with Gasteiger partial charge in [0.1, 0.15) is 12.1 Å². The number of anilines is 1. The maximum Gasteiger partial charge on any atom is 0.325 e. The molecule has 2 fully saturated rings. The van der Waals surface area contributed by atoms with E-state index in [1.165, 1.54) is 0 Å². The second-order valence-corrected chi connectivity index (χ2v) is 8.78. The van der Waals surface area contributed by atoms with Crippen molar-refractivity contribution in [2.45, 2.75) is 58.9 Å². The first kappa shape index (κ1) is 21.1. The van der Waals surface area contributed by atoms with E-state index in [0.29, 0.717) is 17.8 Å². The van der Waals surface area contributed by atoms with Gasteiger partial charge in [-0.3, -0.25) is 14.5 Å². The van der Waals surface area contributed by atoms with Crippen LogP contribution in [-0.2, 0) is 9.59 Å². The average molecular weight is 424 g/mol. The smallest absolute Gasteiger partial charge is 0.323 e. The maximum absolute atomic E-state index is 13.1. The van der Waals surface area contributed by atoms with E-state index >= 15 is 0 Å². The van der Waals surface area contributed by atoms with Crippen LogP contribution in [-0.4, -0.2) is 44.6 Å². The van der Waals surface area contributed by atoms with Gasteiger partial charge in [0, 0.05) is 0 Å². The summed E-state index contributed by atoms with van der Waals surface area (Å²) < 4.78 is 1.77. The lowest BCUT2D eigenvalue weighted by molar-refractivity contribution is -0.136. The third-order valence-electron chi connectivity index (χ3n) is 6.64. The van der Waals surface area contributed by atoms with Crippen molar-refractivity contribution in [3.05, 3.63) is 41.2 Å². The Morgan fingerprint density at radius 1 is 1.19 bits per heavy atom. The number of benzene rings is 1. The van der Waals surface area contributed by atoms with Crippen LogP contribution in [0, 0.1) is 26.7 Å². The lowest BCUT2D eigenvalue weighted by Gasteiger charge is -2.36. The fraction of sp³-hybridized carbons (Fsp3) is 0.478. The summed E-state index contributed by atoms with van der Waals surface area (Å²) in [5.41, 5.74) is 3.23. The molecule has 2 heterocycles. The number of nitrogens with zero attached hydrogens (tertiary/aromatic N) is 3. The molecule has 2 atom stereocenters. The minimum Gasteiger partial charge on any atom is -0.323 e. The molecular weight excluding hydrogens is 394 g/mol. The molecule has 0 unspecified atom stereocenters. The molecule has 8 heteroatoms. The number of urea groups is 1. The van der Waals surface area contributed by atoms with Gasteiger partial charge in [0.05, 0.1) is 22.8 Å². The number of hydrogen-bond acceptors (Lipinski definition) is 4. The number of rotatable bonds is 4. The van der Waals surface area contributed by atoms with Gasteiger partial charge in [-0.15, -0.1) is 0 Å². The molecule has 0 radical (unpaired) electrons. The highest BCUT2D eigenvalue weighted by molar-refractivity contribution is 6.10. The van der Waals surface area contributed by atoms with Crippen molar-refractivity contribution in [2.75, 3.05) is 11.9 Å². The highest BCUT2D eigenvalue weighted by Crippen LogP contribution is 2.38. The van der Waals surface area contributed by atoms with Crippen molar-refractivity contribution in [1.82, 2.24) is 20.0 Å². The first-order chi connectivity index (χ1) is 14.7. The molecule has 8 nitrogen and oxygen atoms in total. The fourth-order valence-corrected chi connectivity index (χ4v) is 4.72. The summed E-state index contributed by atoms with van der Waals surface area (Å²) in [4.78, 5) is 39.5. The Morgan fingerprint density at radius 3 is 2.58 bits per heavy atom. The van der Waals surface area contributed by atoms with Crippen LogP contribution in [0.1, 0.15) is 49.6 Å². The Hall–Kier alpha value is -3.16. The van der Waals surface area contributed by atoms with E-state index in [1.807, 2.05) is 52.0 Å². The molecule has 4 amide bonds. The van der Waals surface area contributed by atoms with E-state index in [2.05, 4.69) is 15.7 Å². The van der Waals surface area contributed by atoms with Gasteiger partial charge in [-0.05, 0) is 51.7 Å². The zero-order valence-corrected chi connectivity index (χ0v) is 18.5. The van der Waals surface area contributed by atoms with E-state index in [9.17, 15) is 14.4 Å². The van der Waals surface area contributed by atoms with E-state index in [4.69, 9.17) is 0 Å². The molecule has 1 aliphatic carbocycles. The Balaban J connectivity index is 1.50. The number of aryl methyl sites for hydroxylation is 2. The predicted octanol–water partition coefficient (Wildman–Crippen LogP) is 3.24. The molecule has 4 rings (SSSR count). The second-order valence-electron chi connectivity index (χ2n) is 8.78. The maximum atomic E-state index is 13.1. The van der Waals surface area contributed by atoms with E-state index in [0.717, 1.165) is 41.1 Å². The van der Waals surface area contributed by atoms with Crippen LogP contribution in [0.2, 0.25) is 0 Å². The quantitative estimate of drug-likeness (QED) is 0.738. The molecular formula is C23H29N5O3. The summed E-state index contributed by atoms with van der Waals surface area (Å²) in [5, 5.41) is 10.3. The molecule has 1 aromatic heterocycles. The lowest BCUT2D eigenvalue weighted by atomic mass is 9.73. The lowest BCUT2D eigenvalue weighted by Crippen LogP contribution is -2.54. The van der Waals surface area contributed by atoms with Crippen LogP contribution in [0.25, 0.3) is 5.69 Å². The Morgan fingerprint density at radius 2 is 1.90 bits per heavy atom. The summed E-state index contributed by atoms with van der Waals surface area (Å²) >= 11 is 0. The highest BCUT2D eigenvalue weighted by atomic mass is 16.2. The highest BCUT2D eigenvalue weighted by Gasteiger charge is 2.55. The molecule has 164 valence electrons. The summed E-state index contributed by atoms with van der Waals surface area (Å²) in [6, 6.07) is 7.46. The summed E-state index contributed by atoms with van der Waals surface area (Å²) in [6.45, 7) is 7.40. The molecule has 0 bridgehead atoms. The minimum atomic E-state index is -0.863. The number of carbonyl (C=O) groups is 3. The van der Waals surface area contributed by atoms with Gasteiger partial charge in [-0.25, -0.2) is 9.48 Å². The van der Waals surface area contributed by atoms with Crippen molar-refractivity contribution in [1.29, 1.82) is 0 Å². The zero-order valence-electron chi connectivity index (χ0n) is 18.5. The van der Waals surface area contributed by atoms with Crippen molar-refractivity contribution >= 4 is 23.5 Å². The summed E-state index contributed by atoms with van der Waals surface area (Å²) in [5.74, 6) is -0.648. The van der Waals surface area contributed by atoms with Crippen LogP contribution >= 0.6 is 0 Å². The molecule has 31 heavy (non-hydrogen) atoms. The largest absolute Gasteiger partial charge is 0.325 e. The van der Waals surface area contributed by atoms with Crippen LogP contribution < -0.4 is 10.6 Å². The Labute approximate surface area is 182 Å². The first-order valence-electron chi connectivity index (χ1n) is 10.8. The number of aromatic nitrogens is 2. The molecule has 1 aromatic carbocycles. The molecule has 1 saturated heterocycles. The van der Waals surface area contributed by atoms with Gasteiger partial charge in [-0.1, -0.05) is 37.5 Å². The third-order valence-corrected chi connectivity index (χ3v) is 6.64. The van der Waals surface area contributed by atoms with Gasteiger partial charge in [0.2, 0.25) is 5.91 Å². The van der Waals surface area contributed by atoms with Crippen molar-refractivity contribution < 1.29 is 14.4 Å². The summed E-state index contributed by atoms with van der Waals surface area (Å²) in [7, 11) is 0. The third kappa shape index (κ3) is 3.60. The van der Waals surface area contributed by atoms with Crippen LogP contribution in [0.5, 0.6) is 0 Å². The van der Waals surface area contributed by atoms with Crippen LogP contribution in [0.15, 0.2) is 24.3 Å². The van der Waals surface area contributed by atoms with Gasteiger partial charge >= 0.3 is 6.03 Å². The van der Waals surface area contributed by atoms with Crippen molar-refractivity contribution in [3.63, 3.8) is 0 Å². The van der Waals surface area contributed by atoms with E-state index < -0.39 is 17.5 Å². The van der Waals surface area contributed by atoms with E-state index in [1.54, 1.807) is 4.68 Å². The van der Waals surface area contributed by atoms with Gasteiger partial charge in [0.25, 0.3) is 5.91 Å². The number of imide groups is 1. The van der Waals surface area contributed by atoms with Crippen molar-refractivity contribution in [3.8, 4) is 5.69 Å². The average Bonchev–Trinajstić information content (AvgIpc) is 3.14. The number of nitrogens with one attached hydrogen (secondary N) is 2. The first-order valence-corrected chi connectivity index (χ1v) is 10.8. The van der Waals surface area contributed by atoms with Crippen molar-refractivity contribution in [2.24, 2.45) is 5.92 Å². The molecule has 2 aromatic rings. The molecule has 2 aliphatic rings. The molecule has 1 spiro atoms. The predicted molar refractivity (Wildman–Crippen MR) is 117 cm³/mol. The van der Waals surface area contributed by atoms with Gasteiger partial charge in [0.15, 0.2) is 0 Å². The standard InChI is InChI=1S/C23H29N5O3/c1-14-8-10-18(11-9-14)28-17(4)20(16(3)26-28)24-19(29)13-27-21(30)23(25-22(27)31)12-6-5-7-15(23)2/h8-11,15H,5-7,12-13H2,1-4H3,(H,24,29)(H,25,31)/t15-,23+/m0/s1. The molecule has 2 N–H and O–H groups in total. The van der Waals surface area contributed by atoms with Gasteiger partial charge < -0.3 is 10.6 Å². The summed E-state index contributed by atoms with van der Waals surface area (Å²) in [6.07, 6.45) is 3.46. The second kappa shape index (κ2) is 7.83. The van der Waals surface area contributed by atoms with E-state index in [-0.39, 0.29) is 18.4 Å². The van der Waals surface area contributed by atoms with Crippen LogP contribution in [0.3, 0.4) is 0 Å². The minimum absolute atomic E-state index is 0.0583. The molecule has 1 saturated carbocycles. The number of amides is 4. The topological polar surface area (TPSA) is 96.3 Å². The zero-order chi connectivity index (χ0) is 22.3. The fourth-order valence-electron chi connectivity index (χ4n) is 4.72.